The minimum Gasteiger partial charge on any atom is -0.478 e. The zero-order valence-corrected chi connectivity index (χ0v) is 12.0. The van der Waals surface area contributed by atoms with E-state index in [-0.39, 0.29) is 5.97 Å². The summed E-state index contributed by atoms with van der Waals surface area (Å²) in [5.74, 6) is 0.442. The Bertz CT molecular complexity index is 572. The Morgan fingerprint density at radius 1 is 1.10 bits per heavy atom. The summed E-state index contributed by atoms with van der Waals surface area (Å²) in [6.45, 7) is 4.20. The van der Waals surface area contributed by atoms with E-state index in [1.807, 2.05) is 49.4 Å². The summed E-state index contributed by atoms with van der Waals surface area (Å²) in [4.78, 5) is 11.9. The lowest BCUT2D eigenvalue weighted by Gasteiger charge is -2.18. The van der Waals surface area contributed by atoms with Crippen LogP contribution in [0.1, 0.15) is 26.7 Å². The van der Waals surface area contributed by atoms with Gasteiger partial charge in [-0.05, 0) is 24.8 Å². The normalized spacial score (nSPS) is 12.1. The molecule has 0 amide bonds. The van der Waals surface area contributed by atoms with Crippen molar-refractivity contribution in [3.05, 3.63) is 42.5 Å². The van der Waals surface area contributed by atoms with E-state index >= 15 is 0 Å². The van der Waals surface area contributed by atoms with Crippen LogP contribution in [0.25, 0.3) is 10.8 Å². The lowest BCUT2D eigenvalue weighted by atomic mass is 10.1. The van der Waals surface area contributed by atoms with Gasteiger partial charge in [0.25, 0.3) is 0 Å². The second-order valence-electron chi connectivity index (χ2n) is 4.62. The molecule has 0 fully saturated rings. The zero-order valence-electron chi connectivity index (χ0n) is 12.0. The molecule has 0 aromatic heterocycles. The molecule has 0 spiro atoms. The number of esters is 1. The highest BCUT2D eigenvalue weighted by Gasteiger charge is 2.21. The molecule has 106 valence electrons. The van der Waals surface area contributed by atoms with Crippen molar-refractivity contribution >= 4 is 16.7 Å². The largest absolute Gasteiger partial charge is 0.478 e. The van der Waals surface area contributed by atoms with E-state index in [4.69, 9.17) is 9.47 Å². The van der Waals surface area contributed by atoms with Gasteiger partial charge in [-0.15, -0.1) is 0 Å². The van der Waals surface area contributed by atoms with Gasteiger partial charge in [-0.25, -0.2) is 4.79 Å². The Hall–Kier alpha value is -2.03. The molecule has 2 rings (SSSR count). The first-order valence-corrected chi connectivity index (χ1v) is 7.07. The van der Waals surface area contributed by atoms with Crippen LogP contribution in [-0.4, -0.2) is 18.7 Å². The van der Waals surface area contributed by atoms with E-state index in [1.54, 1.807) is 6.92 Å². The predicted octanol–water partition coefficient (Wildman–Crippen LogP) is 3.95. The molecule has 0 aliphatic carbocycles. The number of carbonyl (C=O) groups is 1. The Balaban J connectivity index is 2.26. The number of ether oxygens (including phenoxy) is 2. The summed E-state index contributed by atoms with van der Waals surface area (Å²) in [6.07, 6.45) is 0.988. The second-order valence-corrected chi connectivity index (χ2v) is 4.62. The van der Waals surface area contributed by atoms with Gasteiger partial charge in [0.15, 0.2) is 6.10 Å². The minimum atomic E-state index is -0.536. The fourth-order valence-electron chi connectivity index (χ4n) is 2.17. The van der Waals surface area contributed by atoms with Gasteiger partial charge >= 0.3 is 5.97 Å². The Morgan fingerprint density at radius 3 is 2.60 bits per heavy atom. The van der Waals surface area contributed by atoms with Crippen molar-refractivity contribution in [3.8, 4) is 5.75 Å². The maximum Gasteiger partial charge on any atom is 0.347 e. The number of carbonyl (C=O) groups excluding carboxylic acids is 1. The van der Waals surface area contributed by atoms with Crippen LogP contribution in [0.5, 0.6) is 5.75 Å². The van der Waals surface area contributed by atoms with Gasteiger partial charge in [-0.2, -0.15) is 0 Å². The molecule has 2 aromatic rings. The van der Waals surface area contributed by atoms with Gasteiger partial charge in [0.05, 0.1) is 6.61 Å². The van der Waals surface area contributed by atoms with E-state index in [0.717, 1.165) is 22.9 Å². The summed E-state index contributed by atoms with van der Waals surface area (Å²) in [5, 5.41) is 2.12. The third-order valence-corrected chi connectivity index (χ3v) is 3.12. The van der Waals surface area contributed by atoms with Crippen LogP contribution in [0.4, 0.5) is 0 Å². The average Bonchev–Trinajstić information content (AvgIpc) is 2.47. The smallest absolute Gasteiger partial charge is 0.347 e. The van der Waals surface area contributed by atoms with Gasteiger partial charge in [0, 0.05) is 5.39 Å². The van der Waals surface area contributed by atoms with Crippen LogP contribution in [0.2, 0.25) is 0 Å². The zero-order chi connectivity index (χ0) is 14.4. The number of hydrogen-bond donors (Lipinski definition) is 0. The fourth-order valence-corrected chi connectivity index (χ4v) is 2.17. The molecular formula is C17H20O3. The number of rotatable bonds is 6. The lowest BCUT2D eigenvalue weighted by Crippen LogP contribution is -2.29. The average molecular weight is 272 g/mol. The highest BCUT2D eigenvalue weighted by Crippen LogP contribution is 2.26. The van der Waals surface area contributed by atoms with E-state index in [9.17, 15) is 4.79 Å². The van der Waals surface area contributed by atoms with Crippen LogP contribution < -0.4 is 4.74 Å². The monoisotopic (exact) mass is 272 g/mol. The van der Waals surface area contributed by atoms with E-state index < -0.39 is 6.10 Å². The van der Waals surface area contributed by atoms with E-state index in [2.05, 4.69) is 0 Å². The Morgan fingerprint density at radius 2 is 1.85 bits per heavy atom. The molecule has 1 atom stereocenters. The van der Waals surface area contributed by atoms with Gasteiger partial charge < -0.3 is 9.47 Å². The minimum absolute atomic E-state index is 0.290. The SMILES string of the molecule is CCCC(Oc1cccc2ccccc12)C(=O)OCC. The van der Waals surface area contributed by atoms with Crippen molar-refractivity contribution in [2.24, 2.45) is 0 Å². The van der Waals surface area contributed by atoms with Gasteiger partial charge in [-0.3, -0.25) is 0 Å². The highest BCUT2D eigenvalue weighted by molar-refractivity contribution is 5.88. The lowest BCUT2D eigenvalue weighted by molar-refractivity contribution is -0.151. The molecule has 0 radical (unpaired) electrons. The molecule has 0 N–H and O–H groups in total. The molecule has 3 heteroatoms. The third kappa shape index (κ3) is 3.29. The quantitative estimate of drug-likeness (QED) is 0.747. The van der Waals surface area contributed by atoms with Crippen LogP contribution in [0.15, 0.2) is 42.5 Å². The van der Waals surface area contributed by atoms with Crippen molar-refractivity contribution in [2.75, 3.05) is 6.61 Å². The summed E-state index contributed by atoms with van der Waals surface area (Å²) in [5.41, 5.74) is 0. The molecular weight excluding hydrogens is 252 g/mol. The van der Waals surface area contributed by atoms with E-state index in [0.29, 0.717) is 13.0 Å². The molecule has 0 saturated carbocycles. The molecule has 1 unspecified atom stereocenters. The standard InChI is InChI=1S/C17H20O3/c1-3-8-16(17(18)19-4-2)20-15-12-7-10-13-9-5-6-11-14(13)15/h5-7,9-12,16H,3-4,8H2,1-2H3. The van der Waals surface area contributed by atoms with Crippen LogP contribution in [-0.2, 0) is 9.53 Å². The van der Waals surface area contributed by atoms with Gasteiger partial charge in [-0.1, -0.05) is 49.7 Å². The van der Waals surface area contributed by atoms with Gasteiger partial charge in [0.2, 0.25) is 0 Å². The van der Waals surface area contributed by atoms with Crippen LogP contribution in [0.3, 0.4) is 0 Å². The van der Waals surface area contributed by atoms with Crippen molar-refractivity contribution in [1.29, 1.82) is 0 Å². The van der Waals surface area contributed by atoms with Crippen LogP contribution in [0, 0.1) is 0 Å². The topological polar surface area (TPSA) is 35.5 Å². The van der Waals surface area contributed by atoms with E-state index in [1.165, 1.54) is 0 Å². The van der Waals surface area contributed by atoms with Crippen molar-refractivity contribution in [3.63, 3.8) is 0 Å². The second kappa shape index (κ2) is 6.94. The van der Waals surface area contributed by atoms with Crippen molar-refractivity contribution < 1.29 is 14.3 Å². The molecule has 0 saturated heterocycles. The first-order chi connectivity index (χ1) is 9.76. The first kappa shape index (κ1) is 14.4. The highest BCUT2D eigenvalue weighted by atomic mass is 16.6. The maximum absolute atomic E-state index is 11.9. The Labute approximate surface area is 119 Å². The summed E-state index contributed by atoms with van der Waals surface area (Å²) >= 11 is 0. The van der Waals surface area contributed by atoms with Crippen LogP contribution >= 0.6 is 0 Å². The molecule has 0 aliphatic heterocycles. The Kier molecular flexibility index (Phi) is 4.99. The number of benzene rings is 2. The number of fused-ring (bicyclic) bond motifs is 1. The number of hydrogen-bond acceptors (Lipinski definition) is 3. The molecule has 20 heavy (non-hydrogen) atoms. The third-order valence-electron chi connectivity index (χ3n) is 3.12. The summed E-state index contributed by atoms with van der Waals surface area (Å²) in [6, 6.07) is 13.8. The molecule has 0 aliphatic rings. The molecule has 3 nitrogen and oxygen atoms in total. The first-order valence-electron chi connectivity index (χ1n) is 7.07. The molecule has 0 heterocycles. The molecule has 0 bridgehead atoms. The van der Waals surface area contributed by atoms with Gasteiger partial charge in [0.1, 0.15) is 5.75 Å². The summed E-state index contributed by atoms with van der Waals surface area (Å²) in [7, 11) is 0. The fraction of sp³-hybridized carbons (Fsp3) is 0.353. The van der Waals surface area contributed by atoms with Crippen molar-refractivity contribution in [1.82, 2.24) is 0 Å². The summed E-state index contributed by atoms with van der Waals surface area (Å²) < 4.78 is 11.0. The van der Waals surface area contributed by atoms with Crippen molar-refractivity contribution in [2.45, 2.75) is 32.8 Å². The maximum atomic E-state index is 11.9. The predicted molar refractivity (Wildman–Crippen MR) is 79.9 cm³/mol. The molecule has 2 aromatic carbocycles.